The molecule has 1 amide bonds. The second-order valence-electron chi connectivity index (χ2n) is 13.5. The van der Waals surface area contributed by atoms with Gasteiger partial charge in [0.25, 0.3) is 0 Å². The Balaban J connectivity index is 1.57. The van der Waals surface area contributed by atoms with Gasteiger partial charge in [-0.15, -0.1) is 0 Å². The number of hydrogen-bond donors (Lipinski definition) is 2. The van der Waals surface area contributed by atoms with Crippen molar-refractivity contribution < 1.29 is 28.2 Å². The lowest BCUT2D eigenvalue weighted by molar-refractivity contribution is -0.153. The molecule has 1 aliphatic rings. The van der Waals surface area contributed by atoms with E-state index in [4.69, 9.17) is 14.2 Å². The summed E-state index contributed by atoms with van der Waals surface area (Å²) in [4.78, 5) is 24.9. The quantitative estimate of drug-likeness (QED) is 0.214. The van der Waals surface area contributed by atoms with Crippen molar-refractivity contribution in [2.24, 2.45) is 5.92 Å². The highest BCUT2D eigenvalue weighted by Gasteiger charge is 2.23. The highest BCUT2D eigenvalue weighted by molar-refractivity contribution is 5.74. The van der Waals surface area contributed by atoms with Crippen LogP contribution in [0.3, 0.4) is 0 Å². The number of rotatable bonds is 11. The van der Waals surface area contributed by atoms with Crippen LogP contribution in [0.25, 0.3) is 11.1 Å². The zero-order valence-corrected chi connectivity index (χ0v) is 26.9. The second kappa shape index (κ2) is 13.7. The van der Waals surface area contributed by atoms with E-state index in [9.17, 15) is 9.59 Å². The molecule has 3 aromatic carbocycles. The first-order chi connectivity index (χ1) is 20.7. The maximum Gasteiger partial charge on any atom is 0.408 e. The van der Waals surface area contributed by atoms with E-state index in [0.29, 0.717) is 28.4 Å². The summed E-state index contributed by atoms with van der Waals surface area (Å²) in [6.07, 6.45) is 1.90. The smallest absolute Gasteiger partial charge is 0.408 e. The molecule has 0 spiro atoms. The Bertz CT molecular complexity index is 1470. The molecule has 0 unspecified atom stereocenters. The maximum absolute atomic E-state index is 16.0. The number of carbonyl (C=O) groups is 2. The predicted octanol–water partition coefficient (Wildman–Crippen LogP) is 8.36. The van der Waals surface area contributed by atoms with Crippen LogP contribution in [0.4, 0.5) is 14.9 Å². The minimum atomic E-state index is -0.660. The molecule has 3 aromatic rings. The van der Waals surface area contributed by atoms with Crippen LogP contribution in [0.15, 0.2) is 60.7 Å². The van der Waals surface area contributed by atoms with Crippen LogP contribution in [0.1, 0.15) is 84.0 Å². The molecule has 0 aromatic heterocycles. The summed E-state index contributed by atoms with van der Waals surface area (Å²) in [7, 11) is 0. The van der Waals surface area contributed by atoms with E-state index in [2.05, 4.69) is 10.6 Å². The molecule has 0 heterocycles. The fraction of sp³-hybridized carbons (Fsp3) is 0.444. The highest BCUT2D eigenvalue weighted by atomic mass is 19.1. The summed E-state index contributed by atoms with van der Waals surface area (Å²) >= 11 is 0. The van der Waals surface area contributed by atoms with Crippen molar-refractivity contribution >= 4 is 17.7 Å². The fourth-order valence-electron chi connectivity index (χ4n) is 4.77. The molecule has 44 heavy (non-hydrogen) atoms. The summed E-state index contributed by atoms with van der Waals surface area (Å²) in [5, 5.41) is 6.24. The lowest BCUT2D eigenvalue weighted by Crippen LogP contribution is -2.34. The molecule has 4 rings (SSSR count). The van der Waals surface area contributed by atoms with Gasteiger partial charge in [0, 0.05) is 28.9 Å². The lowest BCUT2D eigenvalue weighted by atomic mass is 9.97. The Kier molecular flexibility index (Phi) is 10.2. The minimum Gasteiger partial charge on any atom is -0.489 e. The van der Waals surface area contributed by atoms with E-state index in [0.717, 1.165) is 23.4 Å². The number of ether oxygens (including phenoxy) is 3. The molecular formula is C36H45FN2O5. The summed E-state index contributed by atoms with van der Waals surface area (Å²) in [6.45, 7) is 13.7. The minimum absolute atomic E-state index is 0.0925. The molecule has 1 aliphatic carbocycles. The van der Waals surface area contributed by atoms with Crippen LogP contribution in [-0.4, -0.2) is 29.8 Å². The van der Waals surface area contributed by atoms with Crippen molar-refractivity contribution in [2.75, 3.05) is 11.9 Å². The van der Waals surface area contributed by atoms with Gasteiger partial charge in [0.15, 0.2) is 0 Å². The molecule has 0 radical (unpaired) electrons. The van der Waals surface area contributed by atoms with Crippen molar-refractivity contribution in [3.63, 3.8) is 0 Å². The van der Waals surface area contributed by atoms with E-state index >= 15 is 4.39 Å². The Labute approximate surface area is 260 Å². The molecule has 7 nitrogen and oxygen atoms in total. The normalized spacial score (nSPS) is 14.0. The number of amides is 1. The number of para-hydroxylation sites is 1. The molecule has 1 saturated carbocycles. The molecule has 2 N–H and O–H groups in total. The molecular weight excluding hydrogens is 559 g/mol. The molecule has 236 valence electrons. The third-order valence-electron chi connectivity index (χ3n) is 6.95. The van der Waals surface area contributed by atoms with Crippen molar-refractivity contribution in [1.82, 2.24) is 5.32 Å². The average molecular weight is 605 g/mol. The van der Waals surface area contributed by atoms with E-state index in [1.54, 1.807) is 45.9 Å². The third-order valence-corrected chi connectivity index (χ3v) is 6.95. The Morgan fingerprint density at radius 1 is 0.932 bits per heavy atom. The zero-order valence-electron chi connectivity index (χ0n) is 26.9. The van der Waals surface area contributed by atoms with Crippen molar-refractivity contribution in [3.8, 4) is 16.9 Å². The second-order valence-corrected chi connectivity index (χ2v) is 13.5. The summed E-state index contributed by atoms with van der Waals surface area (Å²) in [5.74, 6) is 0.502. The number of carbonyl (C=O) groups excluding carboxylic acids is 2. The van der Waals surface area contributed by atoms with Gasteiger partial charge in [0.2, 0.25) is 0 Å². The molecule has 1 atom stereocenters. The van der Waals surface area contributed by atoms with Crippen LogP contribution >= 0.6 is 0 Å². The first kappa shape index (κ1) is 32.8. The number of benzene rings is 3. The fourth-order valence-corrected chi connectivity index (χ4v) is 4.77. The topological polar surface area (TPSA) is 85.9 Å². The van der Waals surface area contributed by atoms with Crippen molar-refractivity contribution in [1.29, 1.82) is 0 Å². The number of esters is 1. The molecule has 1 fully saturated rings. The van der Waals surface area contributed by atoms with Crippen LogP contribution in [-0.2, 0) is 27.3 Å². The van der Waals surface area contributed by atoms with Crippen LogP contribution in [0, 0.1) is 11.7 Å². The van der Waals surface area contributed by atoms with Gasteiger partial charge in [-0.2, -0.15) is 0 Å². The lowest BCUT2D eigenvalue weighted by Gasteiger charge is -2.22. The largest absolute Gasteiger partial charge is 0.489 e. The van der Waals surface area contributed by atoms with E-state index in [1.165, 1.54) is 12.8 Å². The monoisotopic (exact) mass is 604 g/mol. The van der Waals surface area contributed by atoms with Crippen molar-refractivity contribution in [2.45, 2.75) is 91.6 Å². The van der Waals surface area contributed by atoms with Gasteiger partial charge in [-0.1, -0.05) is 36.4 Å². The van der Waals surface area contributed by atoms with Gasteiger partial charge in [-0.3, -0.25) is 4.79 Å². The van der Waals surface area contributed by atoms with Crippen molar-refractivity contribution in [3.05, 3.63) is 83.2 Å². The molecule has 0 bridgehead atoms. The van der Waals surface area contributed by atoms with Gasteiger partial charge in [-0.05, 0) is 103 Å². The van der Waals surface area contributed by atoms with E-state index in [-0.39, 0.29) is 19.0 Å². The van der Waals surface area contributed by atoms with Gasteiger partial charge >= 0.3 is 12.1 Å². The maximum atomic E-state index is 16.0. The zero-order chi connectivity index (χ0) is 32.1. The Hall–Kier alpha value is -4.07. The number of halogens is 1. The first-order valence-electron chi connectivity index (χ1n) is 15.3. The summed E-state index contributed by atoms with van der Waals surface area (Å²) < 4.78 is 33.1. The van der Waals surface area contributed by atoms with E-state index < -0.39 is 29.2 Å². The van der Waals surface area contributed by atoms with E-state index in [1.807, 2.05) is 63.2 Å². The van der Waals surface area contributed by atoms with Gasteiger partial charge in [-0.25, -0.2) is 9.18 Å². The van der Waals surface area contributed by atoms with Gasteiger partial charge < -0.3 is 24.8 Å². The van der Waals surface area contributed by atoms with Crippen LogP contribution in [0.2, 0.25) is 0 Å². The number of alkyl carbamates (subject to hydrolysis) is 1. The summed E-state index contributed by atoms with van der Waals surface area (Å²) in [6, 6.07) is 17.9. The van der Waals surface area contributed by atoms with Gasteiger partial charge in [0.1, 0.15) is 29.4 Å². The van der Waals surface area contributed by atoms with Crippen LogP contribution < -0.4 is 15.4 Å². The average Bonchev–Trinajstić information content (AvgIpc) is 3.74. The number of hydrogen-bond acceptors (Lipinski definition) is 6. The summed E-state index contributed by atoms with van der Waals surface area (Å²) in [5.41, 5.74) is 2.68. The molecule has 8 heteroatoms. The van der Waals surface area contributed by atoms with Gasteiger partial charge in [0.05, 0.1) is 12.5 Å². The molecule has 0 saturated heterocycles. The SMILES string of the molecule is C[C@@H](NC(=O)OC(C)(C)C)c1cccc(-c2cc(COc3ccccc3CC(=O)OC(C)(C)C)cc(NCC3CC3)c2)c1F. The number of nitrogens with one attached hydrogen (secondary N) is 2. The molecule has 0 aliphatic heterocycles. The van der Waals surface area contributed by atoms with Crippen LogP contribution in [0.5, 0.6) is 5.75 Å². The predicted molar refractivity (Wildman–Crippen MR) is 171 cm³/mol. The first-order valence-corrected chi connectivity index (χ1v) is 15.3. The third kappa shape index (κ3) is 10.00. The Morgan fingerprint density at radius 3 is 2.32 bits per heavy atom. The standard InChI is InChI=1S/C36H45FN2O5/c1-23(39-34(41)44-36(5,6)7)29-12-10-13-30(33(29)37)27-17-25(18-28(19-27)38-21-24-15-16-24)22-42-31-14-9-8-11-26(31)20-32(40)43-35(2,3)4/h8-14,17-19,23-24,38H,15-16,20-22H2,1-7H3,(H,39,41)/t23-/m1/s1. The Morgan fingerprint density at radius 2 is 1.64 bits per heavy atom. The highest BCUT2D eigenvalue weighted by Crippen LogP contribution is 2.33. The number of anilines is 1.